The molecule has 0 aromatic carbocycles. The van der Waals surface area contributed by atoms with Gasteiger partial charge in [0.1, 0.15) is 23.9 Å². The van der Waals surface area contributed by atoms with E-state index in [4.69, 9.17) is 9.72 Å². The van der Waals surface area contributed by atoms with Crippen LogP contribution in [0.4, 0.5) is 24.8 Å². The third kappa shape index (κ3) is 5.76. The molecule has 0 unspecified atom stereocenters. The van der Waals surface area contributed by atoms with Gasteiger partial charge >= 0.3 is 6.18 Å². The maximum Gasteiger partial charge on any atom is 0.433 e. The quantitative estimate of drug-likeness (QED) is 0.469. The van der Waals surface area contributed by atoms with Crippen LogP contribution in [-0.2, 0) is 18.3 Å². The minimum absolute atomic E-state index is 0.0385. The van der Waals surface area contributed by atoms with Crippen molar-refractivity contribution in [1.29, 1.82) is 0 Å². The third-order valence-corrected chi connectivity index (χ3v) is 6.70. The summed E-state index contributed by atoms with van der Waals surface area (Å²) in [6, 6.07) is 9.91. The Morgan fingerprint density at radius 3 is 2.32 bits per heavy atom. The number of alkyl halides is 3. The number of rotatable bonds is 8. The second kappa shape index (κ2) is 9.87. The third-order valence-electron chi connectivity index (χ3n) is 6.70. The largest absolute Gasteiger partial charge is 0.472 e. The maximum absolute atomic E-state index is 12.6. The topological polar surface area (TPSA) is 79.3 Å². The van der Waals surface area contributed by atoms with Gasteiger partial charge in [-0.3, -0.25) is 4.98 Å². The molecule has 1 N–H and O–H groups in total. The Bertz CT molecular complexity index is 1220. The minimum Gasteiger partial charge on any atom is -0.472 e. The van der Waals surface area contributed by atoms with Crippen molar-refractivity contribution in [3.63, 3.8) is 0 Å². The Balaban J connectivity index is 1.15. The monoisotopic (exact) mass is 511 g/mol. The molecular weight excluding hydrogens is 483 g/mol. The predicted molar refractivity (Wildman–Crippen MR) is 133 cm³/mol. The van der Waals surface area contributed by atoms with Crippen molar-refractivity contribution in [3.05, 3.63) is 77.9 Å². The normalized spacial score (nSPS) is 16.9. The number of nitrogens with one attached hydrogen (secondary N) is 1. The molecular formula is C26H28F3N7O. The summed E-state index contributed by atoms with van der Waals surface area (Å²) >= 11 is 0. The van der Waals surface area contributed by atoms with Gasteiger partial charge in [-0.25, -0.2) is 4.98 Å². The summed E-state index contributed by atoms with van der Waals surface area (Å²) in [5.74, 6) is 1.86. The molecule has 1 aliphatic heterocycles. The molecule has 0 atom stereocenters. The number of ether oxygens (including phenoxy) is 1. The summed E-state index contributed by atoms with van der Waals surface area (Å²) in [7, 11) is 0. The predicted octanol–water partition coefficient (Wildman–Crippen LogP) is 4.62. The average molecular weight is 512 g/mol. The molecule has 2 fully saturated rings. The number of hydrogen-bond donors (Lipinski definition) is 1. The van der Waals surface area contributed by atoms with E-state index in [0.717, 1.165) is 68.4 Å². The zero-order valence-electron chi connectivity index (χ0n) is 20.5. The van der Waals surface area contributed by atoms with Crippen LogP contribution >= 0.6 is 0 Å². The van der Waals surface area contributed by atoms with Crippen molar-refractivity contribution >= 4 is 11.6 Å². The number of anilines is 2. The van der Waals surface area contributed by atoms with Crippen LogP contribution in [0.1, 0.15) is 36.6 Å². The van der Waals surface area contributed by atoms with Gasteiger partial charge in [-0.1, -0.05) is 18.7 Å². The fourth-order valence-electron chi connectivity index (χ4n) is 4.33. The molecule has 1 aliphatic carbocycles. The van der Waals surface area contributed by atoms with Crippen LogP contribution in [0.5, 0.6) is 5.88 Å². The van der Waals surface area contributed by atoms with Gasteiger partial charge in [0, 0.05) is 55.9 Å². The number of aromatic nitrogens is 4. The lowest BCUT2D eigenvalue weighted by atomic mass is 10.1. The zero-order chi connectivity index (χ0) is 26.0. The molecule has 1 saturated heterocycles. The molecule has 0 bridgehead atoms. The van der Waals surface area contributed by atoms with E-state index in [1.165, 1.54) is 6.07 Å². The van der Waals surface area contributed by atoms with Crippen molar-refractivity contribution in [2.45, 2.75) is 38.1 Å². The maximum atomic E-state index is 12.6. The van der Waals surface area contributed by atoms with E-state index in [0.29, 0.717) is 11.4 Å². The van der Waals surface area contributed by atoms with Gasteiger partial charge in [0.15, 0.2) is 0 Å². The number of hydrogen-bond acceptors (Lipinski definition) is 8. The highest BCUT2D eigenvalue weighted by molar-refractivity contribution is 5.48. The number of pyridine rings is 2. The molecule has 37 heavy (non-hydrogen) atoms. The van der Waals surface area contributed by atoms with Gasteiger partial charge in [0.05, 0.1) is 5.54 Å². The summed E-state index contributed by atoms with van der Waals surface area (Å²) in [6.07, 6.45) is 0.539. The molecule has 0 amide bonds. The molecule has 194 valence electrons. The second-order valence-corrected chi connectivity index (χ2v) is 9.42. The Hall–Kier alpha value is -3.89. The molecule has 11 heteroatoms. The molecule has 2 aliphatic rings. The highest BCUT2D eigenvalue weighted by atomic mass is 19.4. The standard InChI is InChI=1S/C26H28F3N7O/c1-18(2)35-11-13-36(14-12-35)23-7-4-20(16-31-23)25(9-10-25)32-22-6-8-24(34-33-22)37-17-19-3-5-21(30-15-19)26(27,28)29/h3-8,15-16H,1,9-14,17H2,2H3,(H,32,33). The summed E-state index contributed by atoms with van der Waals surface area (Å²) in [6.45, 7) is 9.84. The van der Waals surface area contributed by atoms with Crippen molar-refractivity contribution in [3.8, 4) is 5.88 Å². The molecule has 3 aromatic rings. The Morgan fingerprint density at radius 2 is 1.78 bits per heavy atom. The summed E-state index contributed by atoms with van der Waals surface area (Å²) < 4.78 is 43.5. The molecule has 8 nitrogen and oxygen atoms in total. The molecule has 0 spiro atoms. The van der Waals surface area contributed by atoms with Crippen LogP contribution in [0.15, 0.2) is 61.1 Å². The summed E-state index contributed by atoms with van der Waals surface area (Å²) in [4.78, 5) is 12.7. The highest BCUT2D eigenvalue weighted by Crippen LogP contribution is 2.48. The average Bonchev–Trinajstić information content (AvgIpc) is 3.69. The fraction of sp³-hybridized carbons (Fsp3) is 0.385. The smallest absolute Gasteiger partial charge is 0.433 e. The van der Waals surface area contributed by atoms with Crippen LogP contribution in [0.3, 0.4) is 0 Å². The zero-order valence-corrected chi connectivity index (χ0v) is 20.5. The van der Waals surface area contributed by atoms with E-state index in [1.807, 2.05) is 13.1 Å². The Kier molecular flexibility index (Phi) is 6.61. The van der Waals surface area contributed by atoms with Crippen LogP contribution in [-0.4, -0.2) is 51.2 Å². The Morgan fingerprint density at radius 1 is 1.00 bits per heavy atom. The van der Waals surface area contributed by atoms with Crippen LogP contribution in [0.2, 0.25) is 0 Å². The fourth-order valence-corrected chi connectivity index (χ4v) is 4.33. The van der Waals surface area contributed by atoms with E-state index >= 15 is 0 Å². The second-order valence-electron chi connectivity index (χ2n) is 9.42. The number of halogens is 3. The highest BCUT2D eigenvalue weighted by Gasteiger charge is 2.45. The first-order valence-corrected chi connectivity index (χ1v) is 12.1. The molecule has 5 rings (SSSR count). The first-order valence-electron chi connectivity index (χ1n) is 12.1. The number of allylic oxidation sites excluding steroid dienone is 1. The summed E-state index contributed by atoms with van der Waals surface area (Å²) in [5.41, 5.74) is 1.56. The van der Waals surface area contributed by atoms with E-state index in [1.54, 1.807) is 12.1 Å². The lowest BCUT2D eigenvalue weighted by molar-refractivity contribution is -0.141. The number of nitrogens with zero attached hydrogens (tertiary/aromatic N) is 6. The lowest BCUT2D eigenvalue weighted by Crippen LogP contribution is -2.45. The number of piperazine rings is 1. The van der Waals surface area contributed by atoms with E-state index < -0.39 is 11.9 Å². The van der Waals surface area contributed by atoms with Gasteiger partial charge in [-0.2, -0.15) is 13.2 Å². The minimum atomic E-state index is -4.47. The molecule has 3 aromatic heterocycles. The molecule has 0 radical (unpaired) electrons. The molecule has 1 saturated carbocycles. The first kappa shape index (κ1) is 24.8. The van der Waals surface area contributed by atoms with Gasteiger partial charge in [0.2, 0.25) is 5.88 Å². The van der Waals surface area contributed by atoms with Crippen LogP contribution < -0.4 is 15.0 Å². The van der Waals surface area contributed by atoms with E-state index in [9.17, 15) is 13.2 Å². The Labute approximate surface area is 213 Å². The first-order chi connectivity index (χ1) is 17.7. The van der Waals surface area contributed by atoms with Crippen molar-refractivity contribution in [2.24, 2.45) is 0 Å². The summed E-state index contributed by atoms with van der Waals surface area (Å²) in [5, 5.41) is 11.8. The SMILES string of the molecule is C=C(C)N1CCN(c2ccc(C3(Nc4ccc(OCc5ccc(C(F)(F)F)nc5)nn4)CC3)cn2)CC1. The van der Waals surface area contributed by atoms with Crippen LogP contribution in [0, 0.1) is 0 Å². The van der Waals surface area contributed by atoms with Crippen molar-refractivity contribution in [1.82, 2.24) is 25.1 Å². The van der Waals surface area contributed by atoms with E-state index in [-0.39, 0.29) is 18.0 Å². The van der Waals surface area contributed by atoms with Gasteiger partial charge in [0.25, 0.3) is 0 Å². The van der Waals surface area contributed by atoms with Crippen molar-refractivity contribution in [2.75, 3.05) is 36.4 Å². The van der Waals surface area contributed by atoms with E-state index in [2.05, 4.69) is 49.0 Å². The van der Waals surface area contributed by atoms with Gasteiger partial charge in [-0.05, 0) is 43.5 Å². The van der Waals surface area contributed by atoms with Gasteiger partial charge < -0.3 is 19.9 Å². The van der Waals surface area contributed by atoms with Crippen LogP contribution in [0.25, 0.3) is 0 Å². The van der Waals surface area contributed by atoms with Gasteiger partial charge in [-0.15, -0.1) is 10.2 Å². The molecule has 4 heterocycles. The van der Waals surface area contributed by atoms with Crippen molar-refractivity contribution < 1.29 is 17.9 Å². The lowest BCUT2D eigenvalue weighted by Gasteiger charge is -2.36.